The standard InChI is InChI=1S/C8H12N2.C3H6O2/c1-6-9-7-4-2-3-5-8(7)10-6;1-2-5-3-4/h2-5H2,1H3,(H,9,10);3H,2H2,1H3. The summed E-state index contributed by atoms with van der Waals surface area (Å²) in [7, 11) is 0. The maximum absolute atomic E-state index is 9.18. The van der Waals surface area contributed by atoms with Crippen LogP contribution in [-0.4, -0.2) is 23.0 Å². The summed E-state index contributed by atoms with van der Waals surface area (Å²) in [6.07, 6.45) is 5.03. The molecule has 0 saturated heterocycles. The third-order valence-corrected chi connectivity index (χ3v) is 2.31. The lowest BCUT2D eigenvalue weighted by molar-refractivity contribution is -0.128. The van der Waals surface area contributed by atoms with Crippen molar-refractivity contribution in [1.29, 1.82) is 0 Å². The van der Waals surface area contributed by atoms with Crippen LogP contribution in [0.5, 0.6) is 0 Å². The van der Waals surface area contributed by atoms with Gasteiger partial charge in [-0.15, -0.1) is 0 Å². The first-order chi connectivity index (χ1) is 7.27. The molecule has 15 heavy (non-hydrogen) atoms. The number of H-pyrrole nitrogens is 1. The van der Waals surface area contributed by atoms with Crippen LogP contribution >= 0.6 is 0 Å². The Balaban J connectivity index is 0.000000195. The number of nitrogens with one attached hydrogen (secondary N) is 1. The van der Waals surface area contributed by atoms with Crippen LogP contribution in [0, 0.1) is 6.92 Å². The van der Waals surface area contributed by atoms with E-state index in [0.29, 0.717) is 13.1 Å². The van der Waals surface area contributed by atoms with Gasteiger partial charge in [0.05, 0.1) is 12.3 Å². The maximum atomic E-state index is 9.18. The van der Waals surface area contributed by atoms with E-state index in [1.165, 1.54) is 37.1 Å². The van der Waals surface area contributed by atoms with Gasteiger partial charge in [-0.1, -0.05) is 0 Å². The van der Waals surface area contributed by atoms with Gasteiger partial charge in [-0.2, -0.15) is 0 Å². The molecule has 2 rings (SSSR count). The first-order valence-electron chi connectivity index (χ1n) is 5.37. The van der Waals surface area contributed by atoms with Crippen molar-refractivity contribution < 1.29 is 9.53 Å². The van der Waals surface area contributed by atoms with Gasteiger partial charge in [-0.25, -0.2) is 4.98 Å². The molecule has 0 unspecified atom stereocenters. The predicted octanol–water partition coefficient (Wildman–Crippen LogP) is 1.78. The summed E-state index contributed by atoms with van der Waals surface area (Å²) in [6.45, 7) is 4.69. The van der Waals surface area contributed by atoms with E-state index in [4.69, 9.17) is 0 Å². The van der Waals surface area contributed by atoms with Gasteiger partial charge in [-0.05, 0) is 39.5 Å². The van der Waals surface area contributed by atoms with Crippen molar-refractivity contribution in [3.63, 3.8) is 0 Å². The molecule has 4 nitrogen and oxygen atoms in total. The van der Waals surface area contributed by atoms with Crippen molar-refractivity contribution in [3.05, 3.63) is 17.2 Å². The molecule has 0 aromatic carbocycles. The zero-order valence-electron chi connectivity index (χ0n) is 9.38. The van der Waals surface area contributed by atoms with Gasteiger partial charge in [0.25, 0.3) is 6.47 Å². The molecule has 4 heteroatoms. The van der Waals surface area contributed by atoms with Crippen molar-refractivity contribution >= 4 is 6.47 Å². The predicted molar refractivity (Wildman–Crippen MR) is 57.7 cm³/mol. The summed E-state index contributed by atoms with van der Waals surface area (Å²) in [5.41, 5.74) is 2.69. The van der Waals surface area contributed by atoms with Gasteiger partial charge in [0, 0.05) is 5.69 Å². The fourth-order valence-corrected chi connectivity index (χ4v) is 1.66. The number of aromatic nitrogens is 2. The topological polar surface area (TPSA) is 55.0 Å². The third kappa shape index (κ3) is 3.73. The van der Waals surface area contributed by atoms with Crippen molar-refractivity contribution in [1.82, 2.24) is 9.97 Å². The second kappa shape index (κ2) is 6.22. The van der Waals surface area contributed by atoms with Gasteiger partial charge in [0.2, 0.25) is 0 Å². The Kier molecular flexibility index (Phi) is 4.87. The molecule has 1 aromatic rings. The molecule has 1 aliphatic carbocycles. The van der Waals surface area contributed by atoms with Crippen LogP contribution in [0.25, 0.3) is 0 Å². The van der Waals surface area contributed by atoms with Crippen LogP contribution in [0.4, 0.5) is 0 Å². The normalized spacial score (nSPS) is 13.5. The number of nitrogens with zero attached hydrogens (tertiary/aromatic N) is 1. The lowest BCUT2D eigenvalue weighted by atomic mass is 10.0. The van der Waals surface area contributed by atoms with E-state index in [1.54, 1.807) is 6.92 Å². The zero-order chi connectivity index (χ0) is 11.1. The molecule has 0 aliphatic heterocycles. The van der Waals surface area contributed by atoms with Gasteiger partial charge < -0.3 is 9.72 Å². The van der Waals surface area contributed by atoms with Crippen molar-refractivity contribution in [2.45, 2.75) is 39.5 Å². The number of aromatic amines is 1. The molecule has 1 aromatic heterocycles. The van der Waals surface area contributed by atoms with Gasteiger partial charge in [0.1, 0.15) is 5.82 Å². The SMILES string of the molecule is CCOC=O.Cc1nc2c([nH]1)CCCC2. The van der Waals surface area contributed by atoms with E-state index < -0.39 is 0 Å². The summed E-state index contributed by atoms with van der Waals surface area (Å²) >= 11 is 0. The third-order valence-electron chi connectivity index (χ3n) is 2.31. The Morgan fingerprint density at radius 3 is 2.73 bits per heavy atom. The second-order valence-electron chi connectivity index (χ2n) is 3.51. The summed E-state index contributed by atoms with van der Waals surface area (Å²) in [6, 6.07) is 0. The van der Waals surface area contributed by atoms with Crippen molar-refractivity contribution in [2.75, 3.05) is 6.61 Å². The Bertz CT molecular complexity index is 284. The molecular weight excluding hydrogens is 192 g/mol. The van der Waals surface area contributed by atoms with Gasteiger partial charge in [-0.3, -0.25) is 4.79 Å². The number of hydrogen-bond donors (Lipinski definition) is 1. The number of ether oxygens (including phenoxy) is 1. The van der Waals surface area contributed by atoms with E-state index in [9.17, 15) is 4.79 Å². The smallest absolute Gasteiger partial charge is 0.293 e. The highest BCUT2D eigenvalue weighted by molar-refractivity contribution is 5.36. The molecule has 0 saturated carbocycles. The van der Waals surface area contributed by atoms with Crippen LogP contribution in [-0.2, 0) is 22.4 Å². The highest BCUT2D eigenvalue weighted by Crippen LogP contribution is 2.17. The van der Waals surface area contributed by atoms with Crippen LogP contribution < -0.4 is 0 Å². The number of carbonyl (C=O) groups is 1. The summed E-state index contributed by atoms with van der Waals surface area (Å²) in [5, 5.41) is 0. The highest BCUT2D eigenvalue weighted by Gasteiger charge is 2.11. The molecular formula is C11H18N2O2. The fraction of sp³-hybridized carbons (Fsp3) is 0.636. The first-order valence-corrected chi connectivity index (χ1v) is 5.37. The second-order valence-corrected chi connectivity index (χ2v) is 3.51. The molecule has 0 fully saturated rings. The largest absolute Gasteiger partial charge is 0.468 e. The number of rotatable bonds is 2. The Labute approximate surface area is 90.1 Å². The highest BCUT2D eigenvalue weighted by atomic mass is 16.5. The van der Waals surface area contributed by atoms with E-state index in [0.717, 1.165) is 5.82 Å². The summed E-state index contributed by atoms with van der Waals surface area (Å²) in [4.78, 5) is 16.9. The minimum atomic E-state index is 0.431. The monoisotopic (exact) mass is 210 g/mol. The van der Waals surface area contributed by atoms with Crippen LogP contribution in [0.15, 0.2) is 0 Å². The molecule has 0 amide bonds. The Hall–Kier alpha value is -1.32. The van der Waals surface area contributed by atoms with E-state index in [-0.39, 0.29) is 0 Å². The number of hydrogen-bond acceptors (Lipinski definition) is 3. The lowest BCUT2D eigenvalue weighted by Gasteiger charge is -2.07. The number of imidazole rings is 1. The van der Waals surface area contributed by atoms with Crippen LogP contribution in [0.1, 0.15) is 37.0 Å². The van der Waals surface area contributed by atoms with Crippen molar-refractivity contribution in [3.8, 4) is 0 Å². The first kappa shape index (κ1) is 11.8. The van der Waals surface area contributed by atoms with Crippen LogP contribution in [0.2, 0.25) is 0 Å². The zero-order valence-corrected chi connectivity index (χ0v) is 9.38. The molecule has 0 bridgehead atoms. The fourth-order valence-electron chi connectivity index (χ4n) is 1.66. The number of fused-ring (bicyclic) bond motifs is 1. The van der Waals surface area contributed by atoms with Crippen molar-refractivity contribution in [2.24, 2.45) is 0 Å². The molecule has 1 aliphatic rings. The summed E-state index contributed by atoms with van der Waals surface area (Å²) < 4.78 is 4.15. The minimum Gasteiger partial charge on any atom is -0.468 e. The average molecular weight is 210 g/mol. The molecule has 0 radical (unpaired) electrons. The molecule has 0 spiro atoms. The Morgan fingerprint density at radius 1 is 1.47 bits per heavy atom. The van der Waals surface area contributed by atoms with Gasteiger partial charge >= 0.3 is 0 Å². The molecule has 1 N–H and O–H groups in total. The lowest BCUT2D eigenvalue weighted by Crippen LogP contribution is -2.00. The number of carbonyl (C=O) groups excluding carboxylic acids is 1. The van der Waals surface area contributed by atoms with E-state index >= 15 is 0 Å². The Morgan fingerprint density at radius 2 is 2.20 bits per heavy atom. The van der Waals surface area contributed by atoms with Gasteiger partial charge in [0.15, 0.2) is 0 Å². The minimum absolute atomic E-state index is 0.431. The molecule has 0 atom stereocenters. The van der Waals surface area contributed by atoms with E-state index in [1.807, 2.05) is 6.92 Å². The molecule has 84 valence electrons. The quantitative estimate of drug-likeness (QED) is 0.757. The van der Waals surface area contributed by atoms with Crippen LogP contribution in [0.3, 0.4) is 0 Å². The van der Waals surface area contributed by atoms with E-state index in [2.05, 4.69) is 14.7 Å². The summed E-state index contributed by atoms with van der Waals surface area (Å²) in [5.74, 6) is 1.08. The number of aryl methyl sites for hydroxylation is 3. The maximum Gasteiger partial charge on any atom is 0.293 e. The molecule has 1 heterocycles. The average Bonchev–Trinajstić information content (AvgIpc) is 2.60.